The third-order valence-electron chi connectivity index (χ3n) is 3.28. The number of ketones is 1. The lowest BCUT2D eigenvalue weighted by Crippen LogP contribution is -2.12. The Hall–Kier alpha value is -2.20. The highest BCUT2D eigenvalue weighted by atomic mass is 35.5. The van der Waals surface area contributed by atoms with Crippen LogP contribution in [0.1, 0.15) is 5.56 Å². The minimum absolute atomic E-state index is 0.00772. The van der Waals surface area contributed by atoms with Gasteiger partial charge in [-0.15, -0.1) is 0 Å². The molecule has 3 rings (SSSR count). The Kier molecular flexibility index (Phi) is 3.71. The van der Waals surface area contributed by atoms with Crippen LogP contribution in [0.15, 0.2) is 48.8 Å². The van der Waals surface area contributed by atoms with Crippen molar-refractivity contribution in [3.8, 4) is 0 Å². The van der Waals surface area contributed by atoms with Crippen molar-refractivity contribution < 1.29 is 9.18 Å². The Bertz CT molecular complexity index is 813. The van der Waals surface area contributed by atoms with Crippen molar-refractivity contribution in [2.75, 3.05) is 0 Å². The van der Waals surface area contributed by atoms with Crippen LogP contribution in [0, 0.1) is 5.82 Å². The summed E-state index contributed by atoms with van der Waals surface area (Å²) < 4.78 is 14.8. The van der Waals surface area contributed by atoms with E-state index in [1.54, 1.807) is 17.0 Å². The zero-order valence-corrected chi connectivity index (χ0v) is 11.8. The first-order valence-corrected chi connectivity index (χ1v) is 6.87. The maximum Gasteiger partial charge on any atom is 0.156 e. The van der Waals surface area contributed by atoms with Gasteiger partial charge in [0, 0.05) is 11.4 Å². The van der Waals surface area contributed by atoms with E-state index in [1.807, 2.05) is 24.3 Å². The van der Waals surface area contributed by atoms with Crippen molar-refractivity contribution in [2.24, 2.45) is 0 Å². The van der Waals surface area contributed by atoms with Crippen LogP contribution in [-0.4, -0.2) is 15.3 Å². The zero-order valence-electron chi connectivity index (χ0n) is 11.1. The molecule has 2 aromatic carbocycles. The van der Waals surface area contributed by atoms with Crippen LogP contribution >= 0.6 is 11.6 Å². The molecule has 1 aromatic heterocycles. The molecule has 21 heavy (non-hydrogen) atoms. The zero-order chi connectivity index (χ0) is 14.8. The summed E-state index contributed by atoms with van der Waals surface area (Å²) in [6, 6.07) is 11.7. The van der Waals surface area contributed by atoms with Gasteiger partial charge < -0.3 is 4.57 Å². The van der Waals surface area contributed by atoms with Gasteiger partial charge in [-0.25, -0.2) is 9.37 Å². The van der Waals surface area contributed by atoms with Gasteiger partial charge in [0.15, 0.2) is 5.78 Å². The molecular weight excluding hydrogens is 291 g/mol. The average Bonchev–Trinajstić information content (AvgIpc) is 2.85. The van der Waals surface area contributed by atoms with Crippen LogP contribution in [0.2, 0.25) is 5.02 Å². The largest absolute Gasteiger partial charge is 0.323 e. The molecule has 3 aromatic rings. The summed E-state index contributed by atoms with van der Waals surface area (Å²) in [4.78, 5) is 16.4. The number of para-hydroxylation sites is 2. The van der Waals surface area contributed by atoms with E-state index in [0.29, 0.717) is 5.56 Å². The number of imidazole rings is 1. The Labute approximate surface area is 126 Å². The molecule has 0 aliphatic rings. The quantitative estimate of drug-likeness (QED) is 0.737. The van der Waals surface area contributed by atoms with Gasteiger partial charge >= 0.3 is 0 Å². The molecule has 0 saturated carbocycles. The van der Waals surface area contributed by atoms with E-state index in [4.69, 9.17) is 11.6 Å². The van der Waals surface area contributed by atoms with Crippen LogP contribution in [-0.2, 0) is 17.8 Å². The average molecular weight is 303 g/mol. The summed E-state index contributed by atoms with van der Waals surface area (Å²) in [5, 5.41) is 0.277. The molecule has 0 N–H and O–H groups in total. The number of rotatable bonds is 4. The third kappa shape index (κ3) is 2.95. The minimum Gasteiger partial charge on any atom is -0.323 e. The van der Waals surface area contributed by atoms with Gasteiger partial charge in [-0.3, -0.25) is 4.79 Å². The second kappa shape index (κ2) is 5.66. The van der Waals surface area contributed by atoms with Crippen LogP contribution in [0.3, 0.4) is 0 Å². The highest BCUT2D eigenvalue weighted by Crippen LogP contribution is 2.18. The number of aromatic nitrogens is 2. The second-order valence-electron chi connectivity index (χ2n) is 4.81. The number of carbonyl (C=O) groups excluding carboxylic acids is 1. The predicted molar refractivity (Wildman–Crippen MR) is 79.9 cm³/mol. The van der Waals surface area contributed by atoms with E-state index in [9.17, 15) is 9.18 Å². The Morgan fingerprint density at radius 2 is 2.05 bits per heavy atom. The molecule has 0 bridgehead atoms. The number of nitrogens with zero attached hydrogens (tertiary/aromatic N) is 2. The Morgan fingerprint density at radius 3 is 2.86 bits per heavy atom. The first-order chi connectivity index (χ1) is 10.1. The van der Waals surface area contributed by atoms with E-state index < -0.39 is 5.82 Å². The molecular formula is C16H12ClFN2O. The van der Waals surface area contributed by atoms with Gasteiger partial charge in [-0.2, -0.15) is 0 Å². The van der Waals surface area contributed by atoms with E-state index >= 15 is 0 Å². The molecule has 0 radical (unpaired) electrons. The molecule has 0 aliphatic carbocycles. The van der Waals surface area contributed by atoms with Crippen LogP contribution in [0.4, 0.5) is 4.39 Å². The number of benzene rings is 2. The fraction of sp³-hybridized carbons (Fsp3) is 0.125. The van der Waals surface area contributed by atoms with Crippen molar-refractivity contribution in [2.45, 2.75) is 13.0 Å². The van der Waals surface area contributed by atoms with Crippen molar-refractivity contribution in [3.05, 3.63) is 65.2 Å². The predicted octanol–water partition coefficient (Wildman–Crippen LogP) is 3.64. The van der Waals surface area contributed by atoms with Gasteiger partial charge in [0.25, 0.3) is 0 Å². The summed E-state index contributed by atoms with van der Waals surface area (Å²) in [6.07, 6.45) is 1.82. The first-order valence-electron chi connectivity index (χ1n) is 6.49. The van der Waals surface area contributed by atoms with Crippen molar-refractivity contribution in [1.82, 2.24) is 9.55 Å². The number of fused-ring (bicyclic) bond motifs is 1. The maximum absolute atomic E-state index is 13.0. The lowest BCUT2D eigenvalue weighted by molar-refractivity contribution is -0.118. The first kappa shape index (κ1) is 13.8. The molecule has 1 heterocycles. The SMILES string of the molecule is O=C(Cc1ccc(F)cc1Cl)Cn1cnc2ccccc21. The molecule has 0 amide bonds. The second-order valence-corrected chi connectivity index (χ2v) is 5.22. The minimum atomic E-state index is -0.406. The highest BCUT2D eigenvalue weighted by Gasteiger charge is 2.10. The van der Waals surface area contributed by atoms with Gasteiger partial charge in [-0.05, 0) is 29.8 Å². The number of Topliss-reactive ketones (excluding diaryl/α,β-unsaturated/α-hetero) is 1. The summed E-state index contributed by atoms with van der Waals surface area (Å²) in [5.74, 6) is -0.413. The fourth-order valence-corrected chi connectivity index (χ4v) is 2.49. The maximum atomic E-state index is 13.0. The Morgan fingerprint density at radius 1 is 1.24 bits per heavy atom. The summed E-state index contributed by atoms with van der Waals surface area (Å²) in [5.41, 5.74) is 2.40. The molecule has 106 valence electrons. The smallest absolute Gasteiger partial charge is 0.156 e. The van der Waals surface area contributed by atoms with Crippen LogP contribution < -0.4 is 0 Å². The molecule has 5 heteroatoms. The van der Waals surface area contributed by atoms with Crippen molar-refractivity contribution in [1.29, 1.82) is 0 Å². The van der Waals surface area contributed by atoms with Gasteiger partial charge in [0.05, 0.1) is 23.9 Å². The van der Waals surface area contributed by atoms with Gasteiger partial charge in [0.2, 0.25) is 0 Å². The number of hydrogen-bond donors (Lipinski definition) is 0. The summed E-state index contributed by atoms with van der Waals surface area (Å²) >= 11 is 5.94. The molecule has 0 unspecified atom stereocenters. The standard InChI is InChI=1S/C16H12ClFN2O/c17-14-8-12(18)6-5-11(14)7-13(21)9-20-10-19-15-3-1-2-4-16(15)20/h1-6,8,10H,7,9H2. The summed E-state index contributed by atoms with van der Waals surface area (Å²) in [7, 11) is 0. The monoisotopic (exact) mass is 302 g/mol. The van der Waals surface area contributed by atoms with Crippen molar-refractivity contribution >= 4 is 28.4 Å². The van der Waals surface area contributed by atoms with Crippen LogP contribution in [0.5, 0.6) is 0 Å². The van der Waals surface area contributed by atoms with E-state index in [1.165, 1.54) is 12.1 Å². The number of carbonyl (C=O) groups is 1. The normalized spacial score (nSPS) is 11.0. The van der Waals surface area contributed by atoms with E-state index in [0.717, 1.165) is 11.0 Å². The van der Waals surface area contributed by atoms with E-state index in [-0.39, 0.29) is 23.8 Å². The lowest BCUT2D eigenvalue weighted by Gasteiger charge is -2.06. The topological polar surface area (TPSA) is 34.9 Å². The van der Waals surface area contributed by atoms with Gasteiger partial charge in [0.1, 0.15) is 5.82 Å². The fourth-order valence-electron chi connectivity index (χ4n) is 2.26. The number of halogens is 2. The Balaban J connectivity index is 1.77. The number of hydrogen-bond acceptors (Lipinski definition) is 2. The molecule has 0 spiro atoms. The highest BCUT2D eigenvalue weighted by molar-refractivity contribution is 6.31. The summed E-state index contributed by atoms with van der Waals surface area (Å²) in [6.45, 7) is 0.216. The molecule has 0 aliphatic heterocycles. The van der Waals surface area contributed by atoms with Gasteiger partial charge in [-0.1, -0.05) is 29.8 Å². The van der Waals surface area contributed by atoms with Crippen LogP contribution in [0.25, 0.3) is 11.0 Å². The van der Waals surface area contributed by atoms with Crippen molar-refractivity contribution in [3.63, 3.8) is 0 Å². The van der Waals surface area contributed by atoms with E-state index in [2.05, 4.69) is 4.98 Å². The molecule has 3 nitrogen and oxygen atoms in total. The molecule has 0 fully saturated rings. The molecule has 0 saturated heterocycles. The molecule has 0 atom stereocenters. The third-order valence-corrected chi connectivity index (χ3v) is 3.63. The lowest BCUT2D eigenvalue weighted by atomic mass is 10.1.